The van der Waals surface area contributed by atoms with Crippen molar-refractivity contribution in [2.24, 2.45) is 0 Å². The maximum Gasteiger partial charge on any atom is 0.181 e. The third kappa shape index (κ3) is 1.76. The first kappa shape index (κ1) is 10.9. The van der Waals surface area contributed by atoms with Crippen molar-refractivity contribution in [3.05, 3.63) is 36.3 Å². The average molecular weight is 257 g/mol. The Balaban J connectivity index is 2.20. The van der Waals surface area contributed by atoms with Crippen molar-refractivity contribution in [3.63, 3.8) is 0 Å². The number of H-pyrrole nitrogens is 1. The highest BCUT2D eigenvalue weighted by molar-refractivity contribution is 7.19. The predicted octanol–water partition coefficient (Wildman–Crippen LogP) is 2.49. The molecule has 0 aliphatic carbocycles. The molecule has 0 bridgehead atoms. The quantitative estimate of drug-likeness (QED) is 0.739. The highest BCUT2D eigenvalue weighted by Gasteiger charge is 2.17. The van der Waals surface area contributed by atoms with Crippen molar-refractivity contribution < 1.29 is 0 Å². The number of nitrogens with zero attached hydrogens (tertiary/aromatic N) is 3. The molecule has 0 fully saturated rings. The second-order valence-electron chi connectivity index (χ2n) is 3.85. The number of hydrogen-bond acceptors (Lipinski definition) is 5. The van der Waals surface area contributed by atoms with Gasteiger partial charge in [-0.25, -0.2) is 4.98 Å². The first-order valence-electron chi connectivity index (χ1n) is 5.44. The van der Waals surface area contributed by atoms with Crippen molar-refractivity contribution >= 4 is 16.5 Å². The molecule has 0 aliphatic rings. The molecule has 3 aromatic rings. The summed E-state index contributed by atoms with van der Waals surface area (Å²) in [6, 6.07) is 5.78. The monoisotopic (exact) mass is 257 g/mol. The molecule has 0 aliphatic heterocycles. The van der Waals surface area contributed by atoms with E-state index in [-0.39, 0.29) is 0 Å². The van der Waals surface area contributed by atoms with Crippen LogP contribution in [0.15, 0.2) is 30.6 Å². The van der Waals surface area contributed by atoms with Gasteiger partial charge in [0.25, 0.3) is 0 Å². The molecule has 0 saturated carbocycles. The lowest BCUT2D eigenvalue weighted by Crippen LogP contribution is -1.86. The first-order chi connectivity index (χ1) is 8.75. The molecule has 3 aromatic heterocycles. The minimum absolute atomic E-state index is 0.534. The molecule has 90 valence electrons. The van der Waals surface area contributed by atoms with Gasteiger partial charge in [0.05, 0.1) is 22.5 Å². The van der Waals surface area contributed by atoms with Crippen molar-refractivity contribution in [3.8, 4) is 21.8 Å². The summed E-state index contributed by atoms with van der Waals surface area (Å²) >= 11 is 1.44. The molecule has 3 rings (SSSR count). The minimum Gasteiger partial charge on any atom is -0.375 e. The van der Waals surface area contributed by atoms with Crippen molar-refractivity contribution in [2.45, 2.75) is 6.92 Å². The molecule has 0 radical (unpaired) electrons. The van der Waals surface area contributed by atoms with E-state index >= 15 is 0 Å². The van der Waals surface area contributed by atoms with Gasteiger partial charge in [-0.2, -0.15) is 5.10 Å². The van der Waals surface area contributed by atoms with Gasteiger partial charge in [0, 0.05) is 17.5 Å². The summed E-state index contributed by atoms with van der Waals surface area (Å²) in [5, 5.41) is 7.46. The van der Waals surface area contributed by atoms with Gasteiger partial charge >= 0.3 is 0 Å². The summed E-state index contributed by atoms with van der Waals surface area (Å²) in [7, 11) is 0. The number of aryl methyl sites for hydroxylation is 1. The predicted molar refractivity (Wildman–Crippen MR) is 72.1 cm³/mol. The SMILES string of the molecule is Cc1[nH]ncc1-c1nc(N)sc1-c1ccccn1. The van der Waals surface area contributed by atoms with E-state index in [1.54, 1.807) is 12.4 Å². The summed E-state index contributed by atoms with van der Waals surface area (Å²) in [6.45, 7) is 1.96. The van der Waals surface area contributed by atoms with Gasteiger partial charge < -0.3 is 5.73 Å². The Kier molecular flexibility index (Phi) is 2.56. The second-order valence-corrected chi connectivity index (χ2v) is 4.88. The highest BCUT2D eigenvalue weighted by Crippen LogP contribution is 2.37. The van der Waals surface area contributed by atoms with Crippen molar-refractivity contribution in [1.29, 1.82) is 0 Å². The third-order valence-corrected chi connectivity index (χ3v) is 3.53. The normalized spacial score (nSPS) is 10.7. The largest absolute Gasteiger partial charge is 0.375 e. The van der Waals surface area contributed by atoms with Crippen molar-refractivity contribution in [2.75, 3.05) is 5.73 Å². The van der Waals surface area contributed by atoms with Crippen LogP contribution in [0.3, 0.4) is 0 Å². The van der Waals surface area contributed by atoms with E-state index in [2.05, 4.69) is 20.2 Å². The van der Waals surface area contributed by atoms with Gasteiger partial charge in [0.15, 0.2) is 5.13 Å². The second kappa shape index (κ2) is 4.23. The molecule has 0 spiro atoms. The number of thiazole rings is 1. The lowest BCUT2D eigenvalue weighted by Gasteiger charge is -2.00. The number of rotatable bonds is 2. The average Bonchev–Trinajstić information content (AvgIpc) is 2.96. The van der Waals surface area contributed by atoms with Gasteiger partial charge in [-0.3, -0.25) is 10.1 Å². The van der Waals surface area contributed by atoms with Crippen LogP contribution in [0.4, 0.5) is 5.13 Å². The molecule has 6 heteroatoms. The number of pyridine rings is 1. The molecule has 0 amide bonds. The van der Waals surface area contributed by atoms with Crippen LogP contribution in [0.2, 0.25) is 0 Å². The molecule has 5 nitrogen and oxygen atoms in total. The van der Waals surface area contributed by atoms with Crippen LogP contribution in [-0.4, -0.2) is 20.2 Å². The smallest absolute Gasteiger partial charge is 0.181 e. The maximum atomic E-state index is 5.82. The van der Waals surface area contributed by atoms with Gasteiger partial charge in [0.1, 0.15) is 0 Å². The number of nitrogens with one attached hydrogen (secondary N) is 1. The van der Waals surface area contributed by atoms with E-state index < -0.39 is 0 Å². The minimum atomic E-state index is 0.534. The van der Waals surface area contributed by atoms with Crippen LogP contribution in [0.25, 0.3) is 21.8 Å². The zero-order valence-corrected chi connectivity index (χ0v) is 10.5. The number of nitrogen functional groups attached to an aromatic ring is 1. The summed E-state index contributed by atoms with van der Waals surface area (Å²) < 4.78 is 0. The Hall–Kier alpha value is -2.21. The number of aromatic amines is 1. The molecule has 0 aromatic carbocycles. The lowest BCUT2D eigenvalue weighted by atomic mass is 10.1. The van der Waals surface area contributed by atoms with E-state index in [0.717, 1.165) is 27.5 Å². The molecule has 0 saturated heterocycles. The summed E-state index contributed by atoms with van der Waals surface area (Å²) in [5.74, 6) is 0. The molecular formula is C12H11N5S. The Labute approximate surface area is 108 Å². The highest BCUT2D eigenvalue weighted by atomic mass is 32.1. The number of nitrogens with two attached hydrogens (primary N) is 1. The van der Waals surface area contributed by atoms with Crippen LogP contribution in [0, 0.1) is 6.92 Å². The standard InChI is InChI=1S/C12H11N5S/c1-7-8(6-15-17-7)10-11(18-12(13)16-10)9-4-2-3-5-14-9/h2-6H,1H3,(H2,13,16)(H,15,17). The number of hydrogen-bond donors (Lipinski definition) is 2. The van der Waals surface area contributed by atoms with E-state index in [0.29, 0.717) is 5.13 Å². The molecule has 3 N–H and O–H groups in total. The molecule has 0 unspecified atom stereocenters. The Morgan fingerprint density at radius 3 is 2.89 bits per heavy atom. The van der Waals surface area contributed by atoms with Crippen LogP contribution in [-0.2, 0) is 0 Å². The molecule has 0 atom stereocenters. The summed E-state index contributed by atoms with van der Waals surface area (Å²) in [5.41, 5.74) is 9.47. The number of anilines is 1. The zero-order valence-electron chi connectivity index (χ0n) is 9.71. The van der Waals surface area contributed by atoms with Gasteiger partial charge in [-0.05, 0) is 19.1 Å². The maximum absolute atomic E-state index is 5.82. The summed E-state index contributed by atoms with van der Waals surface area (Å²) in [4.78, 5) is 9.70. The molecule has 3 heterocycles. The Morgan fingerprint density at radius 2 is 2.22 bits per heavy atom. The van der Waals surface area contributed by atoms with E-state index in [9.17, 15) is 0 Å². The molecule has 18 heavy (non-hydrogen) atoms. The fraction of sp³-hybridized carbons (Fsp3) is 0.0833. The molecular weight excluding hydrogens is 246 g/mol. The van der Waals surface area contributed by atoms with Crippen LogP contribution in [0.1, 0.15) is 5.69 Å². The van der Waals surface area contributed by atoms with E-state index in [1.165, 1.54) is 11.3 Å². The van der Waals surface area contributed by atoms with Crippen molar-refractivity contribution in [1.82, 2.24) is 20.2 Å². The third-order valence-electron chi connectivity index (χ3n) is 2.63. The Morgan fingerprint density at radius 1 is 1.33 bits per heavy atom. The summed E-state index contributed by atoms with van der Waals surface area (Å²) in [6.07, 6.45) is 3.52. The Bertz CT molecular complexity index is 671. The fourth-order valence-electron chi connectivity index (χ4n) is 1.78. The van der Waals surface area contributed by atoms with Crippen LogP contribution >= 0.6 is 11.3 Å². The van der Waals surface area contributed by atoms with Gasteiger partial charge in [-0.1, -0.05) is 17.4 Å². The van der Waals surface area contributed by atoms with Gasteiger partial charge in [-0.15, -0.1) is 0 Å². The number of aromatic nitrogens is 4. The van der Waals surface area contributed by atoms with E-state index in [4.69, 9.17) is 5.73 Å². The zero-order chi connectivity index (χ0) is 12.5. The van der Waals surface area contributed by atoms with E-state index in [1.807, 2.05) is 25.1 Å². The lowest BCUT2D eigenvalue weighted by molar-refractivity contribution is 1.05. The first-order valence-corrected chi connectivity index (χ1v) is 6.25. The van der Waals surface area contributed by atoms with Crippen LogP contribution in [0.5, 0.6) is 0 Å². The fourth-order valence-corrected chi connectivity index (χ4v) is 2.60. The van der Waals surface area contributed by atoms with Gasteiger partial charge in [0.2, 0.25) is 0 Å². The topological polar surface area (TPSA) is 80.5 Å². The van der Waals surface area contributed by atoms with Crippen LogP contribution < -0.4 is 5.73 Å².